The SMILES string of the molecule is CC(C)OCC(COC(C)(C)C)NN. The molecule has 1 unspecified atom stereocenters. The molecule has 0 amide bonds. The number of hydrogen-bond donors (Lipinski definition) is 2. The summed E-state index contributed by atoms with van der Waals surface area (Å²) in [6, 6.07) is 0.0524. The van der Waals surface area contributed by atoms with Gasteiger partial charge in [0.25, 0.3) is 0 Å². The lowest BCUT2D eigenvalue weighted by Crippen LogP contribution is -2.44. The highest BCUT2D eigenvalue weighted by Gasteiger charge is 2.14. The lowest BCUT2D eigenvalue weighted by Gasteiger charge is -2.24. The lowest BCUT2D eigenvalue weighted by atomic mass is 10.2. The largest absolute Gasteiger partial charge is 0.377 e. The highest BCUT2D eigenvalue weighted by molar-refractivity contribution is 4.66. The molecule has 0 radical (unpaired) electrons. The summed E-state index contributed by atoms with van der Waals surface area (Å²) in [5.41, 5.74) is 2.55. The van der Waals surface area contributed by atoms with Crippen molar-refractivity contribution in [3.63, 3.8) is 0 Å². The normalized spacial score (nSPS) is 14.8. The van der Waals surface area contributed by atoms with Gasteiger partial charge in [0.1, 0.15) is 0 Å². The van der Waals surface area contributed by atoms with E-state index in [-0.39, 0.29) is 17.7 Å². The molecule has 0 aliphatic carbocycles. The van der Waals surface area contributed by atoms with Crippen molar-refractivity contribution in [2.24, 2.45) is 5.84 Å². The van der Waals surface area contributed by atoms with Crippen LogP contribution in [0.2, 0.25) is 0 Å². The first kappa shape index (κ1) is 13.8. The fourth-order valence-electron chi connectivity index (χ4n) is 0.804. The second-order valence-corrected chi connectivity index (χ2v) is 4.67. The summed E-state index contributed by atoms with van der Waals surface area (Å²) in [5, 5.41) is 0. The summed E-state index contributed by atoms with van der Waals surface area (Å²) >= 11 is 0. The molecule has 0 spiro atoms. The molecular weight excluding hydrogens is 180 g/mol. The first-order valence-corrected chi connectivity index (χ1v) is 5.07. The topological polar surface area (TPSA) is 56.5 Å². The van der Waals surface area contributed by atoms with Crippen LogP contribution in [0.15, 0.2) is 0 Å². The predicted octanol–water partition coefficient (Wildman–Crippen LogP) is 1.06. The van der Waals surface area contributed by atoms with Crippen LogP contribution in [0.4, 0.5) is 0 Å². The van der Waals surface area contributed by atoms with Gasteiger partial charge in [0.05, 0.1) is 31.0 Å². The van der Waals surface area contributed by atoms with Crippen molar-refractivity contribution in [1.29, 1.82) is 0 Å². The number of hydrazine groups is 1. The van der Waals surface area contributed by atoms with Crippen LogP contribution in [-0.2, 0) is 9.47 Å². The van der Waals surface area contributed by atoms with Gasteiger partial charge in [-0.2, -0.15) is 0 Å². The standard InChI is InChI=1S/C10H24N2O2/c1-8(2)13-6-9(12-11)7-14-10(3,4)5/h8-9,12H,6-7,11H2,1-5H3. The van der Waals surface area contributed by atoms with Crippen LogP contribution in [0.5, 0.6) is 0 Å². The zero-order valence-corrected chi connectivity index (χ0v) is 9.96. The molecule has 0 aromatic heterocycles. The van der Waals surface area contributed by atoms with E-state index in [0.717, 1.165) is 0 Å². The Bertz CT molecular complexity index is 144. The maximum atomic E-state index is 5.59. The predicted molar refractivity (Wildman–Crippen MR) is 57.9 cm³/mol. The van der Waals surface area contributed by atoms with Gasteiger partial charge in [-0.25, -0.2) is 0 Å². The number of nitrogens with one attached hydrogen (secondary N) is 1. The van der Waals surface area contributed by atoms with Crippen LogP contribution in [0.25, 0.3) is 0 Å². The van der Waals surface area contributed by atoms with Crippen LogP contribution >= 0.6 is 0 Å². The van der Waals surface area contributed by atoms with Crippen molar-refractivity contribution >= 4 is 0 Å². The Morgan fingerprint density at radius 3 is 2.14 bits per heavy atom. The summed E-state index contributed by atoms with van der Waals surface area (Å²) in [4.78, 5) is 0. The molecule has 0 fully saturated rings. The Morgan fingerprint density at radius 1 is 1.21 bits per heavy atom. The molecule has 1 atom stereocenters. The Labute approximate surface area is 87.1 Å². The quantitative estimate of drug-likeness (QED) is 0.502. The molecule has 0 rings (SSSR count). The number of hydrogen-bond acceptors (Lipinski definition) is 4. The summed E-state index contributed by atoms with van der Waals surface area (Å²) < 4.78 is 11.0. The zero-order chi connectivity index (χ0) is 11.2. The lowest BCUT2D eigenvalue weighted by molar-refractivity contribution is -0.0341. The van der Waals surface area contributed by atoms with Crippen molar-refractivity contribution in [3.05, 3.63) is 0 Å². The van der Waals surface area contributed by atoms with Crippen LogP contribution in [0, 0.1) is 0 Å². The smallest absolute Gasteiger partial charge is 0.0678 e. The van der Waals surface area contributed by atoms with Gasteiger partial charge in [-0.3, -0.25) is 11.3 Å². The molecule has 4 heteroatoms. The van der Waals surface area contributed by atoms with Gasteiger partial charge >= 0.3 is 0 Å². The van der Waals surface area contributed by atoms with Crippen molar-refractivity contribution in [3.8, 4) is 0 Å². The summed E-state index contributed by atoms with van der Waals surface area (Å²) in [5.74, 6) is 5.38. The molecule has 3 N–H and O–H groups in total. The molecule has 0 aliphatic heterocycles. The Balaban J connectivity index is 3.69. The van der Waals surface area contributed by atoms with Gasteiger partial charge in [-0.1, -0.05) is 0 Å². The van der Waals surface area contributed by atoms with Gasteiger partial charge < -0.3 is 9.47 Å². The van der Waals surface area contributed by atoms with E-state index in [9.17, 15) is 0 Å². The fourth-order valence-corrected chi connectivity index (χ4v) is 0.804. The zero-order valence-electron chi connectivity index (χ0n) is 9.96. The van der Waals surface area contributed by atoms with Gasteiger partial charge in [0, 0.05) is 0 Å². The number of rotatable bonds is 6. The Kier molecular flexibility index (Phi) is 6.27. The van der Waals surface area contributed by atoms with Gasteiger partial charge in [-0.15, -0.1) is 0 Å². The Morgan fingerprint density at radius 2 is 1.79 bits per heavy atom. The first-order valence-electron chi connectivity index (χ1n) is 5.07. The van der Waals surface area contributed by atoms with Gasteiger partial charge in [0.15, 0.2) is 0 Å². The molecule has 14 heavy (non-hydrogen) atoms. The number of ether oxygens (including phenoxy) is 2. The first-order chi connectivity index (χ1) is 6.35. The van der Waals surface area contributed by atoms with E-state index in [2.05, 4.69) is 5.43 Å². The summed E-state index contributed by atoms with van der Waals surface area (Å²) in [7, 11) is 0. The summed E-state index contributed by atoms with van der Waals surface area (Å²) in [6.45, 7) is 11.2. The molecule has 0 saturated carbocycles. The monoisotopic (exact) mass is 204 g/mol. The molecule has 0 aromatic carbocycles. The third-order valence-electron chi connectivity index (χ3n) is 1.58. The molecule has 86 valence electrons. The maximum Gasteiger partial charge on any atom is 0.0678 e. The van der Waals surface area contributed by atoms with Gasteiger partial charge in [-0.05, 0) is 34.6 Å². The van der Waals surface area contributed by atoms with Crippen molar-refractivity contribution in [2.75, 3.05) is 13.2 Å². The highest BCUT2D eigenvalue weighted by atomic mass is 16.5. The summed E-state index contributed by atoms with van der Waals surface area (Å²) in [6.07, 6.45) is 0.223. The second kappa shape index (κ2) is 6.35. The van der Waals surface area contributed by atoms with Crippen molar-refractivity contribution < 1.29 is 9.47 Å². The van der Waals surface area contributed by atoms with Crippen molar-refractivity contribution in [2.45, 2.75) is 52.4 Å². The van der Waals surface area contributed by atoms with E-state index in [1.807, 2.05) is 34.6 Å². The van der Waals surface area contributed by atoms with Crippen LogP contribution in [0.1, 0.15) is 34.6 Å². The average Bonchev–Trinajstić information content (AvgIpc) is 2.02. The average molecular weight is 204 g/mol. The maximum absolute atomic E-state index is 5.59. The highest BCUT2D eigenvalue weighted by Crippen LogP contribution is 2.07. The van der Waals surface area contributed by atoms with Crippen LogP contribution < -0.4 is 11.3 Å². The molecular formula is C10H24N2O2. The minimum atomic E-state index is -0.132. The Hall–Kier alpha value is -0.160. The third kappa shape index (κ3) is 8.44. The molecule has 0 aromatic rings. The molecule has 0 heterocycles. The van der Waals surface area contributed by atoms with E-state index in [1.165, 1.54) is 0 Å². The fraction of sp³-hybridized carbons (Fsp3) is 1.00. The number of nitrogens with two attached hydrogens (primary N) is 1. The van der Waals surface area contributed by atoms with E-state index in [0.29, 0.717) is 13.2 Å². The molecule has 4 nitrogen and oxygen atoms in total. The second-order valence-electron chi connectivity index (χ2n) is 4.67. The van der Waals surface area contributed by atoms with Crippen LogP contribution in [-0.4, -0.2) is 31.0 Å². The minimum Gasteiger partial charge on any atom is -0.377 e. The minimum absolute atomic E-state index is 0.0524. The van der Waals surface area contributed by atoms with E-state index in [1.54, 1.807) is 0 Å². The van der Waals surface area contributed by atoms with E-state index >= 15 is 0 Å². The molecule has 0 bridgehead atoms. The van der Waals surface area contributed by atoms with E-state index < -0.39 is 0 Å². The third-order valence-corrected chi connectivity index (χ3v) is 1.58. The molecule has 0 saturated heterocycles. The van der Waals surface area contributed by atoms with Crippen LogP contribution in [0.3, 0.4) is 0 Å². The van der Waals surface area contributed by atoms with Crippen molar-refractivity contribution in [1.82, 2.24) is 5.43 Å². The molecule has 0 aliphatic rings. The van der Waals surface area contributed by atoms with E-state index in [4.69, 9.17) is 15.3 Å². The van der Waals surface area contributed by atoms with Gasteiger partial charge in [0.2, 0.25) is 0 Å².